The van der Waals surface area contributed by atoms with Crippen molar-refractivity contribution in [2.75, 3.05) is 0 Å². The second-order valence-electron chi connectivity index (χ2n) is 1.37. The van der Waals surface area contributed by atoms with E-state index >= 15 is 0 Å². The molecule has 2 N–H and O–H groups in total. The molecule has 0 atom stereocenters. The second kappa shape index (κ2) is 3.47. The molecule has 11 heavy (non-hydrogen) atoms. The van der Waals surface area contributed by atoms with Crippen LogP contribution in [0.1, 0.15) is 0 Å². The third kappa shape index (κ3) is 5.73. The Labute approximate surface area is 76.4 Å². The van der Waals surface area contributed by atoms with Crippen LogP contribution < -0.4 is 0 Å². The van der Waals surface area contributed by atoms with Gasteiger partial charge in [0, 0.05) is 0 Å². The van der Waals surface area contributed by atoms with Crippen molar-refractivity contribution in [3.8, 4) is 0 Å². The average Bonchev–Trinajstić information content (AvgIpc) is 1.56. The predicted molar refractivity (Wildman–Crippen MR) is 38.4 cm³/mol. The Balaban J connectivity index is 4.23. The van der Waals surface area contributed by atoms with Crippen LogP contribution in [0.2, 0.25) is 0 Å². The number of rotatable bonds is 1. The normalized spacial score (nSPS) is 12.8. The van der Waals surface area contributed by atoms with Crippen molar-refractivity contribution >= 4 is 48.6 Å². The molecule has 0 fully saturated rings. The van der Waals surface area contributed by atoms with E-state index in [1.54, 1.807) is 0 Å². The van der Waals surface area contributed by atoms with Crippen molar-refractivity contribution < 1.29 is 23.7 Å². The highest BCUT2D eigenvalue weighted by molar-refractivity contribution is 7.47. The van der Waals surface area contributed by atoms with E-state index in [1.165, 1.54) is 0 Å². The second-order valence-corrected chi connectivity index (χ2v) is 4.81. The van der Waals surface area contributed by atoms with Crippen LogP contribution in [0.15, 0.2) is 0 Å². The first kappa shape index (κ1) is 11.5. The molecule has 0 radical (unpaired) electrons. The monoisotopic (exact) mass is 242 g/mol. The first-order chi connectivity index (χ1) is 4.63. The van der Waals surface area contributed by atoms with Gasteiger partial charge in [0.2, 0.25) is 0 Å². The van der Waals surface area contributed by atoms with Crippen LogP contribution in [0.5, 0.6) is 0 Å². The maximum Gasteiger partial charge on any atom is 0.527 e. The molecule has 0 amide bonds. The fraction of sp³-hybridized carbons (Fsp3) is 0.500. The lowest BCUT2D eigenvalue weighted by Gasteiger charge is -2.09. The third-order valence-electron chi connectivity index (χ3n) is 0.433. The fourth-order valence-electron chi connectivity index (χ4n) is 0.160. The van der Waals surface area contributed by atoms with E-state index in [1.807, 2.05) is 0 Å². The van der Waals surface area contributed by atoms with E-state index in [9.17, 15) is 9.36 Å². The smallest absolute Gasteiger partial charge is 0.367 e. The molecular weight excluding hydrogens is 241 g/mol. The minimum Gasteiger partial charge on any atom is -0.367 e. The summed E-state index contributed by atoms with van der Waals surface area (Å²) in [6.45, 7) is 0. The van der Waals surface area contributed by atoms with Crippen LogP contribution in [0.4, 0.5) is 0 Å². The number of phosphoric acid groups is 1. The average molecular weight is 243 g/mol. The first-order valence-electron chi connectivity index (χ1n) is 1.99. The first-order valence-corrected chi connectivity index (χ1v) is 4.65. The van der Waals surface area contributed by atoms with Gasteiger partial charge in [-0.15, -0.1) is 0 Å². The third-order valence-corrected chi connectivity index (χ3v) is 1.30. The molecule has 0 rings (SSSR count). The van der Waals surface area contributed by atoms with E-state index in [-0.39, 0.29) is 0 Å². The molecule has 0 aromatic rings. The van der Waals surface area contributed by atoms with Crippen LogP contribution in [0, 0.1) is 0 Å². The molecule has 9 heteroatoms. The summed E-state index contributed by atoms with van der Waals surface area (Å²) in [5, 5.41) is 0. The van der Waals surface area contributed by atoms with E-state index < -0.39 is 17.6 Å². The van der Waals surface area contributed by atoms with Crippen molar-refractivity contribution in [1.82, 2.24) is 0 Å². The van der Waals surface area contributed by atoms with Gasteiger partial charge in [-0.05, 0) is 0 Å². The summed E-state index contributed by atoms with van der Waals surface area (Å²) >= 11 is 14.7. The molecule has 0 aliphatic heterocycles. The molecule has 0 unspecified atom stereocenters. The van der Waals surface area contributed by atoms with Crippen LogP contribution in [-0.4, -0.2) is 19.5 Å². The summed E-state index contributed by atoms with van der Waals surface area (Å²) in [4.78, 5) is 26.5. The molecule has 0 aliphatic carbocycles. The van der Waals surface area contributed by atoms with E-state index in [2.05, 4.69) is 4.52 Å². The van der Waals surface area contributed by atoms with Crippen molar-refractivity contribution in [3.63, 3.8) is 0 Å². The Morgan fingerprint density at radius 1 is 1.36 bits per heavy atom. The zero-order chi connectivity index (χ0) is 9.28. The summed E-state index contributed by atoms with van der Waals surface area (Å²) < 4.78 is 10.9. The standard InChI is InChI=1S/C2H2Cl3O5P/c3-2(4,5)1(6)10-11(7,8)9/h(H2,7,8,9). The number of carbonyl (C=O) groups is 1. The van der Waals surface area contributed by atoms with Gasteiger partial charge >= 0.3 is 13.8 Å². The number of halogens is 3. The van der Waals surface area contributed by atoms with E-state index in [4.69, 9.17) is 44.6 Å². The van der Waals surface area contributed by atoms with E-state index in [0.29, 0.717) is 0 Å². The van der Waals surface area contributed by atoms with Crippen LogP contribution in [0.25, 0.3) is 0 Å². The largest absolute Gasteiger partial charge is 0.527 e. The van der Waals surface area contributed by atoms with Crippen LogP contribution in [0.3, 0.4) is 0 Å². The molecule has 0 heterocycles. The Morgan fingerprint density at radius 2 is 1.73 bits per heavy atom. The Kier molecular flexibility index (Phi) is 3.63. The molecular formula is C2H2Cl3O5P. The number of hydrogen-bond donors (Lipinski definition) is 2. The van der Waals surface area contributed by atoms with Crippen LogP contribution in [-0.2, 0) is 13.9 Å². The molecule has 0 aromatic heterocycles. The molecule has 0 spiro atoms. The van der Waals surface area contributed by atoms with Crippen molar-refractivity contribution in [3.05, 3.63) is 0 Å². The predicted octanol–water partition coefficient (Wildman–Crippen LogP) is 0.992. The Morgan fingerprint density at radius 3 is 1.82 bits per heavy atom. The molecule has 0 saturated carbocycles. The summed E-state index contributed by atoms with van der Waals surface area (Å²) in [5.41, 5.74) is 0. The van der Waals surface area contributed by atoms with Gasteiger partial charge in [0.25, 0.3) is 3.79 Å². The highest BCUT2D eigenvalue weighted by Gasteiger charge is 2.37. The molecule has 0 saturated heterocycles. The number of hydrogen-bond acceptors (Lipinski definition) is 3. The van der Waals surface area contributed by atoms with Gasteiger partial charge in [-0.1, -0.05) is 34.8 Å². The van der Waals surface area contributed by atoms with Gasteiger partial charge in [0.15, 0.2) is 0 Å². The lowest BCUT2D eigenvalue weighted by atomic mass is 10.8. The van der Waals surface area contributed by atoms with Gasteiger partial charge in [0.05, 0.1) is 0 Å². The van der Waals surface area contributed by atoms with Gasteiger partial charge in [-0.3, -0.25) is 9.79 Å². The minimum absolute atomic E-state index is 1.61. The topological polar surface area (TPSA) is 83.8 Å². The van der Waals surface area contributed by atoms with Gasteiger partial charge in [-0.25, -0.2) is 9.36 Å². The van der Waals surface area contributed by atoms with Crippen molar-refractivity contribution in [2.24, 2.45) is 0 Å². The molecule has 0 bridgehead atoms. The summed E-state index contributed by atoms with van der Waals surface area (Å²) in [7, 11) is -4.92. The van der Waals surface area contributed by atoms with Gasteiger partial charge in [0.1, 0.15) is 0 Å². The Bertz CT molecular complexity index is 202. The Hall–Kier alpha value is 0.490. The van der Waals surface area contributed by atoms with E-state index in [0.717, 1.165) is 0 Å². The van der Waals surface area contributed by atoms with Gasteiger partial charge < -0.3 is 4.52 Å². The zero-order valence-corrected chi connectivity index (χ0v) is 7.86. The number of carbonyl (C=O) groups excluding carboxylic acids is 1. The quantitative estimate of drug-likeness (QED) is 0.530. The van der Waals surface area contributed by atoms with Crippen molar-refractivity contribution in [1.29, 1.82) is 0 Å². The molecule has 5 nitrogen and oxygen atoms in total. The number of alkyl halides is 3. The lowest BCUT2D eigenvalue weighted by molar-refractivity contribution is -0.134. The number of phosphoric ester groups is 1. The summed E-state index contributed by atoms with van der Waals surface area (Å²) in [5.74, 6) is -1.61. The van der Waals surface area contributed by atoms with Crippen molar-refractivity contribution in [2.45, 2.75) is 3.79 Å². The maximum atomic E-state index is 10.4. The van der Waals surface area contributed by atoms with Crippen LogP contribution >= 0.6 is 42.6 Å². The highest BCUT2D eigenvalue weighted by Crippen LogP contribution is 2.40. The fourth-order valence-corrected chi connectivity index (χ4v) is 0.790. The molecule has 66 valence electrons. The molecule has 0 aliphatic rings. The molecule has 0 aromatic carbocycles. The summed E-state index contributed by atoms with van der Waals surface area (Å²) in [6, 6.07) is 0. The van der Waals surface area contributed by atoms with Gasteiger partial charge in [-0.2, -0.15) is 0 Å². The minimum atomic E-state index is -4.92. The lowest BCUT2D eigenvalue weighted by Crippen LogP contribution is -2.20. The highest BCUT2D eigenvalue weighted by atomic mass is 35.6. The zero-order valence-electron chi connectivity index (χ0n) is 4.70. The SMILES string of the molecule is O=C(OP(=O)(O)O)C(Cl)(Cl)Cl. The maximum absolute atomic E-state index is 10.4. The summed E-state index contributed by atoms with van der Waals surface area (Å²) in [6.07, 6.45) is 0.